The molecule has 2 aromatic rings. The molecule has 0 heterocycles. The highest BCUT2D eigenvalue weighted by atomic mass is 79.9. The van der Waals surface area contributed by atoms with Crippen LogP contribution in [0.2, 0.25) is 0 Å². The number of halogens is 1. The van der Waals surface area contributed by atoms with Crippen molar-refractivity contribution in [3.63, 3.8) is 0 Å². The Hall–Kier alpha value is -2.14. The lowest BCUT2D eigenvalue weighted by atomic mass is 10.1. The second kappa shape index (κ2) is 7.42. The molecular weight excluding hydrogens is 356 g/mol. The summed E-state index contributed by atoms with van der Waals surface area (Å²) >= 11 is 3.39. The predicted molar refractivity (Wildman–Crippen MR) is 95.6 cm³/mol. The van der Waals surface area contributed by atoms with Gasteiger partial charge in [0.15, 0.2) is 0 Å². The molecule has 0 spiro atoms. The second-order valence-corrected chi connectivity index (χ2v) is 6.45. The Morgan fingerprint density at radius 3 is 2.35 bits per heavy atom. The molecule has 0 bridgehead atoms. The normalized spacial score (nSPS) is 10.3. The molecule has 2 amide bonds. The first-order chi connectivity index (χ1) is 10.9. The van der Waals surface area contributed by atoms with E-state index in [4.69, 9.17) is 0 Å². The number of hydrogen-bond donors (Lipinski definition) is 1. The first-order valence-corrected chi connectivity index (χ1v) is 8.04. The SMILES string of the molecule is Cc1ccc(C(=O)N(C)CC(=O)Nc2ccc(Br)cc2C)cc1. The summed E-state index contributed by atoms with van der Waals surface area (Å²) < 4.78 is 0.958. The van der Waals surface area contributed by atoms with Gasteiger partial charge in [0.05, 0.1) is 6.54 Å². The molecule has 120 valence electrons. The minimum Gasteiger partial charge on any atom is -0.332 e. The van der Waals surface area contributed by atoms with E-state index in [9.17, 15) is 9.59 Å². The second-order valence-electron chi connectivity index (χ2n) is 5.53. The maximum Gasteiger partial charge on any atom is 0.254 e. The molecule has 0 atom stereocenters. The van der Waals surface area contributed by atoms with Crippen molar-refractivity contribution in [2.45, 2.75) is 13.8 Å². The van der Waals surface area contributed by atoms with Gasteiger partial charge in [0, 0.05) is 22.8 Å². The minimum absolute atomic E-state index is 0.00220. The Labute approximate surface area is 144 Å². The highest BCUT2D eigenvalue weighted by Crippen LogP contribution is 2.20. The predicted octanol–water partition coefficient (Wildman–Crippen LogP) is 3.78. The van der Waals surface area contributed by atoms with Crippen molar-refractivity contribution >= 4 is 33.4 Å². The van der Waals surface area contributed by atoms with E-state index >= 15 is 0 Å². The van der Waals surface area contributed by atoms with Gasteiger partial charge in [-0.05, 0) is 49.7 Å². The Morgan fingerprint density at radius 1 is 1.09 bits per heavy atom. The first-order valence-electron chi connectivity index (χ1n) is 7.25. The fraction of sp³-hybridized carbons (Fsp3) is 0.222. The third kappa shape index (κ3) is 4.66. The van der Waals surface area contributed by atoms with Crippen molar-refractivity contribution in [3.05, 3.63) is 63.6 Å². The van der Waals surface area contributed by atoms with Gasteiger partial charge in [-0.1, -0.05) is 33.6 Å². The molecule has 0 aliphatic carbocycles. The number of nitrogens with one attached hydrogen (secondary N) is 1. The summed E-state index contributed by atoms with van der Waals surface area (Å²) in [6, 6.07) is 12.9. The molecular formula is C18H19BrN2O2. The zero-order valence-electron chi connectivity index (χ0n) is 13.4. The van der Waals surface area contributed by atoms with Gasteiger partial charge in [0.2, 0.25) is 5.91 Å². The van der Waals surface area contributed by atoms with Crippen LogP contribution in [0, 0.1) is 13.8 Å². The van der Waals surface area contributed by atoms with Gasteiger partial charge in [0.1, 0.15) is 0 Å². The molecule has 0 saturated heterocycles. The van der Waals surface area contributed by atoms with Crippen molar-refractivity contribution in [1.29, 1.82) is 0 Å². The molecule has 2 rings (SSSR count). The van der Waals surface area contributed by atoms with Gasteiger partial charge >= 0.3 is 0 Å². The molecule has 0 aliphatic rings. The van der Waals surface area contributed by atoms with Crippen molar-refractivity contribution in [3.8, 4) is 0 Å². The summed E-state index contributed by atoms with van der Waals surface area (Å²) in [5.41, 5.74) is 3.37. The van der Waals surface area contributed by atoms with Gasteiger partial charge in [-0.2, -0.15) is 0 Å². The Kier molecular flexibility index (Phi) is 5.55. The van der Waals surface area contributed by atoms with Crippen LogP contribution in [0.5, 0.6) is 0 Å². The summed E-state index contributed by atoms with van der Waals surface area (Å²) in [6.07, 6.45) is 0. The number of carbonyl (C=O) groups is 2. The number of aryl methyl sites for hydroxylation is 2. The molecule has 0 saturated carbocycles. The van der Waals surface area contributed by atoms with Crippen molar-refractivity contribution in [2.24, 2.45) is 0 Å². The maximum absolute atomic E-state index is 12.3. The smallest absolute Gasteiger partial charge is 0.254 e. The maximum atomic E-state index is 12.3. The Balaban J connectivity index is 1.99. The summed E-state index contributed by atoms with van der Waals surface area (Å²) in [7, 11) is 1.62. The number of amides is 2. The van der Waals surface area contributed by atoms with E-state index in [1.165, 1.54) is 4.90 Å². The lowest BCUT2D eigenvalue weighted by molar-refractivity contribution is -0.116. The zero-order chi connectivity index (χ0) is 17.0. The van der Waals surface area contributed by atoms with E-state index in [1.54, 1.807) is 19.2 Å². The molecule has 1 N–H and O–H groups in total. The topological polar surface area (TPSA) is 49.4 Å². The monoisotopic (exact) mass is 374 g/mol. The fourth-order valence-electron chi connectivity index (χ4n) is 2.16. The van der Waals surface area contributed by atoms with Crippen LogP contribution in [0.4, 0.5) is 5.69 Å². The lowest BCUT2D eigenvalue weighted by Crippen LogP contribution is -2.35. The van der Waals surface area contributed by atoms with Crippen molar-refractivity contribution < 1.29 is 9.59 Å². The number of hydrogen-bond acceptors (Lipinski definition) is 2. The molecule has 0 fully saturated rings. The number of rotatable bonds is 4. The third-order valence-corrected chi connectivity index (χ3v) is 3.98. The summed E-state index contributed by atoms with van der Waals surface area (Å²) in [5, 5.41) is 2.83. The number of likely N-dealkylation sites (N-methyl/N-ethyl adjacent to an activating group) is 1. The van der Waals surface area contributed by atoms with Crippen LogP contribution in [-0.2, 0) is 4.79 Å². The van der Waals surface area contributed by atoms with Crippen LogP contribution in [0.15, 0.2) is 46.9 Å². The molecule has 0 aliphatic heterocycles. The molecule has 0 aromatic heterocycles. The van der Waals surface area contributed by atoms with Crippen LogP contribution in [0.1, 0.15) is 21.5 Å². The largest absolute Gasteiger partial charge is 0.332 e. The van der Waals surface area contributed by atoms with E-state index in [1.807, 2.05) is 44.2 Å². The van der Waals surface area contributed by atoms with E-state index in [2.05, 4.69) is 21.2 Å². The van der Waals surface area contributed by atoms with E-state index < -0.39 is 0 Å². The van der Waals surface area contributed by atoms with Crippen LogP contribution >= 0.6 is 15.9 Å². The number of carbonyl (C=O) groups excluding carboxylic acids is 2. The van der Waals surface area contributed by atoms with E-state index in [-0.39, 0.29) is 18.4 Å². The van der Waals surface area contributed by atoms with Crippen molar-refractivity contribution in [2.75, 3.05) is 18.9 Å². The summed E-state index contributed by atoms with van der Waals surface area (Å²) in [6.45, 7) is 3.88. The molecule has 0 unspecified atom stereocenters. The summed E-state index contributed by atoms with van der Waals surface area (Å²) in [5.74, 6) is -0.397. The van der Waals surface area contributed by atoms with Gasteiger partial charge in [-0.15, -0.1) is 0 Å². The molecule has 0 radical (unpaired) electrons. The average Bonchev–Trinajstić information content (AvgIpc) is 2.50. The molecule has 4 nitrogen and oxygen atoms in total. The van der Waals surface area contributed by atoms with Crippen LogP contribution in [0.25, 0.3) is 0 Å². The van der Waals surface area contributed by atoms with Gasteiger partial charge < -0.3 is 10.2 Å². The average molecular weight is 375 g/mol. The molecule has 23 heavy (non-hydrogen) atoms. The van der Waals surface area contributed by atoms with Gasteiger partial charge in [-0.3, -0.25) is 9.59 Å². The number of nitrogens with zero attached hydrogens (tertiary/aromatic N) is 1. The molecule has 2 aromatic carbocycles. The lowest BCUT2D eigenvalue weighted by Gasteiger charge is -2.17. The van der Waals surface area contributed by atoms with Gasteiger partial charge in [0.25, 0.3) is 5.91 Å². The highest BCUT2D eigenvalue weighted by Gasteiger charge is 2.15. The van der Waals surface area contributed by atoms with Crippen LogP contribution in [-0.4, -0.2) is 30.3 Å². The van der Waals surface area contributed by atoms with E-state index in [0.29, 0.717) is 5.56 Å². The van der Waals surface area contributed by atoms with Crippen molar-refractivity contribution in [1.82, 2.24) is 4.90 Å². The zero-order valence-corrected chi connectivity index (χ0v) is 15.0. The van der Waals surface area contributed by atoms with E-state index in [0.717, 1.165) is 21.3 Å². The molecule has 5 heteroatoms. The Morgan fingerprint density at radius 2 is 1.74 bits per heavy atom. The quantitative estimate of drug-likeness (QED) is 0.884. The fourth-order valence-corrected chi connectivity index (χ4v) is 2.64. The van der Waals surface area contributed by atoms with Crippen LogP contribution in [0.3, 0.4) is 0 Å². The third-order valence-electron chi connectivity index (χ3n) is 3.49. The summed E-state index contributed by atoms with van der Waals surface area (Å²) in [4.78, 5) is 25.8. The Bertz CT molecular complexity index is 726. The first kappa shape index (κ1) is 17.2. The van der Waals surface area contributed by atoms with Gasteiger partial charge in [-0.25, -0.2) is 0 Å². The standard InChI is InChI=1S/C18H19BrN2O2/c1-12-4-6-14(7-5-12)18(23)21(3)11-17(22)20-16-9-8-15(19)10-13(16)2/h4-10H,11H2,1-3H3,(H,20,22). The number of benzene rings is 2. The van der Waals surface area contributed by atoms with Crippen LogP contribution < -0.4 is 5.32 Å². The highest BCUT2D eigenvalue weighted by molar-refractivity contribution is 9.10. The minimum atomic E-state index is -0.224. The number of anilines is 1.